The maximum Gasteiger partial charge on any atom is 0.415 e. The number of aromatic nitrogens is 3. The molecule has 1 atom stereocenters. The number of rotatable bonds is 3. The summed E-state index contributed by atoms with van der Waals surface area (Å²) in [6, 6.07) is 0.0168. The van der Waals surface area contributed by atoms with Gasteiger partial charge in [0.05, 0.1) is 6.10 Å². The average molecular weight is 186 g/mol. The Morgan fingerprint density at radius 3 is 3.23 bits per heavy atom. The Hall–Kier alpha value is -1.63. The van der Waals surface area contributed by atoms with E-state index >= 15 is 0 Å². The predicted octanol–water partition coefficient (Wildman–Crippen LogP) is -0.726. The minimum atomic E-state index is -0.683. The number of amides is 1. The van der Waals surface area contributed by atoms with E-state index in [1.54, 1.807) is 6.92 Å². The largest absolute Gasteiger partial charge is 0.415 e. The Kier molecular flexibility index (Phi) is 3.21. The number of ether oxygens (including phenoxy) is 1. The third-order valence-corrected chi connectivity index (χ3v) is 1.13. The first-order chi connectivity index (χ1) is 6.18. The van der Waals surface area contributed by atoms with Crippen LogP contribution in [0.15, 0.2) is 6.33 Å². The lowest BCUT2D eigenvalue weighted by Crippen LogP contribution is -2.33. The molecule has 72 valence electrons. The van der Waals surface area contributed by atoms with Gasteiger partial charge in [-0.15, -0.1) is 5.10 Å². The molecule has 1 heterocycles. The molecule has 0 bridgehead atoms. The maximum absolute atomic E-state index is 10.9. The van der Waals surface area contributed by atoms with E-state index in [0.717, 1.165) is 0 Å². The van der Waals surface area contributed by atoms with Crippen LogP contribution in [0.1, 0.15) is 6.92 Å². The topological polar surface area (TPSA) is 100 Å². The van der Waals surface area contributed by atoms with Crippen LogP contribution in [0.25, 0.3) is 0 Å². The van der Waals surface area contributed by atoms with Crippen LogP contribution in [0.4, 0.5) is 4.79 Å². The quantitative estimate of drug-likeness (QED) is 0.578. The van der Waals surface area contributed by atoms with E-state index in [4.69, 9.17) is 5.11 Å². The van der Waals surface area contributed by atoms with E-state index in [1.807, 2.05) is 0 Å². The fourth-order valence-electron chi connectivity index (χ4n) is 0.599. The van der Waals surface area contributed by atoms with E-state index < -0.39 is 12.2 Å². The minimum Gasteiger partial charge on any atom is -0.392 e. The third kappa shape index (κ3) is 3.52. The highest BCUT2D eigenvalue weighted by atomic mass is 16.6. The number of carbonyl (C=O) groups is 1. The van der Waals surface area contributed by atoms with Crippen LogP contribution in [0.2, 0.25) is 0 Å². The van der Waals surface area contributed by atoms with Crippen molar-refractivity contribution in [2.75, 3.05) is 6.54 Å². The van der Waals surface area contributed by atoms with E-state index in [-0.39, 0.29) is 12.6 Å². The van der Waals surface area contributed by atoms with Gasteiger partial charge in [-0.05, 0) is 6.92 Å². The molecule has 1 aromatic heterocycles. The molecule has 1 amide bonds. The molecule has 0 aromatic carbocycles. The van der Waals surface area contributed by atoms with E-state index in [0.29, 0.717) is 0 Å². The first-order valence-electron chi connectivity index (χ1n) is 3.68. The van der Waals surface area contributed by atoms with Crippen molar-refractivity contribution in [1.29, 1.82) is 0 Å². The van der Waals surface area contributed by atoms with Crippen molar-refractivity contribution >= 4 is 6.09 Å². The Labute approximate surface area is 74.1 Å². The van der Waals surface area contributed by atoms with Crippen LogP contribution in [-0.2, 0) is 0 Å². The SMILES string of the molecule is CC(O)CNC(=O)Oc1nnc[nH]1. The van der Waals surface area contributed by atoms with Crippen molar-refractivity contribution < 1.29 is 14.6 Å². The normalized spacial score (nSPS) is 12.2. The summed E-state index contributed by atoms with van der Waals surface area (Å²) in [5.74, 6) is 0. The van der Waals surface area contributed by atoms with Gasteiger partial charge in [0.2, 0.25) is 0 Å². The van der Waals surface area contributed by atoms with Crippen LogP contribution in [0.3, 0.4) is 0 Å². The summed E-state index contributed by atoms with van der Waals surface area (Å²) >= 11 is 0. The lowest BCUT2D eigenvalue weighted by molar-refractivity contribution is 0.170. The van der Waals surface area contributed by atoms with Crippen molar-refractivity contribution in [1.82, 2.24) is 20.5 Å². The Balaban J connectivity index is 2.26. The fourth-order valence-corrected chi connectivity index (χ4v) is 0.599. The van der Waals surface area contributed by atoms with Crippen LogP contribution in [-0.4, -0.2) is 39.0 Å². The van der Waals surface area contributed by atoms with E-state index in [1.165, 1.54) is 6.33 Å². The van der Waals surface area contributed by atoms with Gasteiger partial charge in [-0.3, -0.25) is 4.98 Å². The molecule has 0 aliphatic rings. The number of nitrogens with one attached hydrogen (secondary N) is 2. The highest BCUT2D eigenvalue weighted by Crippen LogP contribution is 1.95. The summed E-state index contributed by atoms with van der Waals surface area (Å²) in [6.45, 7) is 1.68. The first kappa shape index (κ1) is 9.46. The number of hydrogen-bond acceptors (Lipinski definition) is 5. The second-order valence-corrected chi connectivity index (χ2v) is 2.41. The lowest BCUT2D eigenvalue weighted by Gasteiger charge is -2.05. The zero-order valence-electron chi connectivity index (χ0n) is 7.02. The molecule has 0 saturated heterocycles. The van der Waals surface area contributed by atoms with Gasteiger partial charge in [-0.2, -0.15) is 0 Å². The number of H-pyrrole nitrogens is 1. The number of nitrogens with zero attached hydrogens (tertiary/aromatic N) is 2. The Morgan fingerprint density at radius 1 is 1.92 bits per heavy atom. The van der Waals surface area contributed by atoms with Crippen molar-refractivity contribution in [3.63, 3.8) is 0 Å². The zero-order chi connectivity index (χ0) is 9.68. The van der Waals surface area contributed by atoms with Gasteiger partial charge in [-0.1, -0.05) is 5.10 Å². The van der Waals surface area contributed by atoms with Gasteiger partial charge in [0.25, 0.3) is 0 Å². The molecule has 7 heteroatoms. The van der Waals surface area contributed by atoms with Crippen molar-refractivity contribution in [3.8, 4) is 6.01 Å². The van der Waals surface area contributed by atoms with Crippen LogP contribution in [0, 0.1) is 0 Å². The standard InChI is InChI=1S/C6H10N4O3/c1-4(11)2-7-6(12)13-5-8-3-9-10-5/h3-4,11H,2H2,1H3,(H,7,12)(H,8,9,10). The Morgan fingerprint density at radius 2 is 2.69 bits per heavy atom. The molecule has 0 radical (unpaired) electrons. The molecule has 0 spiro atoms. The summed E-state index contributed by atoms with van der Waals surface area (Å²) in [4.78, 5) is 13.4. The minimum absolute atomic E-state index is 0.0168. The van der Waals surface area contributed by atoms with Crippen LogP contribution < -0.4 is 10.1 Å². The molecule has 1 unspecified atom stereocenters. The first-order valence-corrected chi connectivity index (χ1v) is 3.68. The highest BCUT2D eigenvalue weighted by Gasteiger charge is 2.06. The molecule has 0 aliphatic heterocycles. The smallest absolute Gasteiger partial charge is 0.392 e. The lowest BCUT2D eigenvalue weighted by atomic mass is 10.4. The molecule has 1 rings (SSSR count). The second-order valence-electron chi connectivity index (χ2n) is 2.41. The summed E-state index contributed by atoms with van der Waals surface area (Å²) < 4.78 is 4.61. The molecule has 0 aliphatic carbocycles. The van der Waals surface area contributed by atoms with Gasteiger partial charge < -0.3 is 15.2 Å². The number of carbonyl (C=O) groups excluding carboxylic acids is 1. The van der Waals surface area contributed by atoms with Crippen LogP contribution >= 0.6 is 0 Å². The van der Waals surface area contributed by atoms with Gasteiger partial charge in [-0.25, -0.2) is 4.79 Å². The molecule has 3 N–H and O–H groups in total. The molecular formula is C6H10N4O3. The monoisotopic (exact) mass is 186 g/mol. The number of aliphatic hydroxyl groups is 1. The summed E-state index contributed by atoms with van der Waals surface area (Å²) in [5.41, 5.74) is 0. The molecular weight excluding hydrogens is 176 g/mol. The summed E-state index contributed by atoms with van der Waals surface area (Å²) in [6.07, 6.45) is -0.00277. The fraction of sp³-hybridized carbons (Fsp3) is 0.500. The zero-order valence-corrected chi connectivity index (χ0v) is 7.02. The highest BCUT2D eigenvalue weighted by molar-refractivity contribution is 5.69. The molecule has 0 saturated carbocycles. The Bertz CT molecular complexity index is 259. The summed E-state index contributed by atoms with van der Waals surface area (Å²) in [5, 5.41) is 18.0. The van der Waals surface area contributed by atoms with Crippen molar-refractivity contribution in [3.05, 3.63) is 6.33 Å². The average Bonchev–Trinajstić information content (AvgIpc) is 2.53. The number of aliphatic hydroxyl groups excluding tert-OH is 1. The van der Waals surface area contributed by atoms with Gasteiger partial charge in [0.15, 0.2) is 0 Å². The molecule has 1 aromatic rings. The molecule has 0 fully saturated rings. The van der Waals surface area contributed by atoms with E-state index in [9.17, 15) is 4.79 Å². The third-order valence-electron chi connectivity index (χ3n) is 1.13. The predicted molar refractivity (Wildman–Crippen MR) is 42.1 cm³/mol. The maximum atomic E-state index is 10.9. The summed E-state index contributed by atoms with van der Waals surface area (Å²) in [7, 11) is 0. The van der Waals surface area contributed by atoms with Crippen molar-refractivity contribution in [2.45, 2.75) is 13.0 Å². The number of hydrogen-bond donors (Lipinski definition) is 3. The van der Waals surface area contributed by atoms with Gasteiger partial charge >= 0.3 is 12.1 Å². The van der Waals surface area contributed by atoms with Crippen molar-refractivity contribution in [2.24, 2.45) is 0 Å². The molecule has 7 nitrogen and oxygen atoms in total. The van der Waals surface area contributed by atoms with Crippen LogP contribution in [0.5, 0.6) is 6.01 Å². The van der Waals surface area contributed by atoms with Gasteiger partial charge in [0, 0.05) is 6.54 Å². The second kappa shape index (κ2) is 4.41. The van der Waals surface area contributed by atoms with E-state index in [2.05, 4.69) is 25.2 Å². The molecule has 13 heavy (non-hydrogen) atoms. The number of aromatic amines is 1. The van der Waals surface area contributed by atoms with Gasteiger partial charge in [0.1, 0.15) is 6.33 Å².